The van der Waals surface area contributed by atoms with Gasteiger partial charge in [-0.25, -0.2) is 0 Å². The summed E-state index contributed by atoms with van der Waals surface area (Å²) in [6, 6.07) is -0.859. The first kappa shape index (κ1) is 13.6. The van der Waals surface area contributed by atoms with E-state index >= 15 is 0 Å². The van der Waals surface area contributed by atoms with Crippen LogP contribution in [0.2, 0.25) is 0 Å². The van der Waals surface area contributed by atoms with Gasteiger partial charge in [0.2, 0.25) is 11.8 Å². The van der Waals surface area contributed by atoms with Gasteiger partial charge in [-0.2, -0.15) is 0 Å². The summed E-state index contributed by atoms with van der Waals surface area (Å²) in [7, 11) is 0. The van der Waals surface area contributed by atoms with Crippen LogP contribution in [0.5, 0.6) is 0 Å². The fraction of sp³-hybridized carbons (Fsp3) is 0.692. The van der Waals surface area contributed by atoms with Gasteiger partial charge in [0.05, 0.1) is 6.04 Å². The van der Waals surface area contributed by atoms with Crippen molar-refractivity contribution in [1.29, 1.82) is 0 Å². The largest absolute Gasteiger partial charge is 0.340 e. The van der Waals surface area contributed by atoms with Crippen LogP contribution in [0.4, 0.5) is 0 Å². The highest BCUT2D eigenvalue weighted by Crippen LogP contribution is 2.24. The third-order valence-electron chi connectivity index (χ3n) is 3.06. The lowest BCUT2D eigenvalue weighted by Crippen LogP contribution is -2.70. The van der Waals surface area contributed by atoms with Crippen molar-refractivity contribution in [2.45, 2.75) is 52.2 Å². The van der Waals surface area contributed by atoms with Crippen LogP contribution >= 0.6 is 0 Å². The van der Waals surface area contributed by atoms with Gasteiger partial charge >= 0.3 is 0 Å². The number of piperazine rings is 1. The maximum absolute atomic E-state index is 12.3. The van der Waals surface area contributed by atoms with E-state index < -0.39 is 11.6 Å². The van der Waals surface area contributed by atoms with Gasteiger partial charge < -0.3 is 10.2 Å². The van der Waals surface area contributed by atoms with Crippen LogP contribution in [0.25, 0.3) is 0 Å². The summed E-state index contributed by atoms with van der Waals surface area (Å²) in [6.45, 7) is 8.97. The van der Waals surface area contributed by atoms with Crippen molar-refractivity contribution in [1.82, 2.24) is 10.2 Å². The summed E-state index contributed by atoms with van der Waals surface area (Å²) >= 11 is 0. The molecule has 1 fully saturated rings. The van der Waals surface area contributed by atoms with E-state index in [1.165, 1.54) is 4.90 Å². The van der Waals surface area contributed by atoms with E-state index in [4.69, 9.17) is 6.42 Å². The highest BCUT2D eigenvalue weighted by atomic mass is 16.2. The van der Waals surface area contributed by atoms with Crippen molar-refractivity contribution in [3.8, 4) is 12.3 Å². The van der Waals surface area contributed by atoms with E-state index in [1.807, 2.05) is 13.8 Å². The second kappa shape index (κ2) is 4.40. The second-order valence-electron chi connectivity index (χ2n) is 5.36. The SMILES string of the molecule is C#CC(C)N1C(=O)C(C)(C)NC(=O)C1C(C)C. The summed E-state index contributed by atoms with van der Waals surface area (Å²) in [5.41, 5.74) is -0.881. The van der Waals surface area contributed by atoms with E-state index in [2.05, 4.69) is 11.2 Å². The molecule has 1 rings (SSSR count). The molecule has 0 bridgehead atoms. The lowest BCUT2D eigenvalue weighted by atomic mass is 9.90. The molecule has 2 atom stereocenters. The summed E-state index contributed by atoms with van der Waals surface area (Å²) in [4.78, 5) is 25.9. The smallest absolute Gasteiger partial charge is 0.249 e. The van der Waals surface area contributed by atoms with E-state index in [1.54, 1.807) is 20.8 Å². The molecule has 0 aliphatic carbocycles. The Morgan fingerprint density at radius 3 is 2.29 bits per heavy atom. The number of nitrogens with one attached hydrogen (secondary N) is 1. The molecule has 1 heterocycles. The number of carbonyl (C=O) groups is 2. The molecule has 1 aliphatic heterocycles. The topological polar surface area (TPSA) is 49.4 Å². The fourth-order valence-electron chi connectivity index (χ4n) is 2.13. The molecule has 1 saturated heterocycles. The van der Waals surface area contributed by atoms with Crippen LogP contribution in [-0.2, 0) is 9.59 Å². The van der Waals surface area contributed by atoms with Crippen LogP contribution in [-0.4, -0.2) is 34.3 Å². The van der Waals surface area contributed by atoms with E-state index in [0.29, 0.717) is 0 Å². The predicted molar refractivity (Wildman–Crippen MR) is 66.0 cm³/mol. The molecule has 17 heavy (non-hydrogen) atoms. The molecule has 0 aromatic carbocycles. The Balaban J connectivity index is 3.19. The standard InChI is InChI=1S/C13H20N2O2/c1-7-9(4)15-10(8(2)3)11(16)14-13(5,6)12(15)17/h1,8-10H,2-6H3,(H,14,16). The van der Waals surface area contributed by atoms with Crippen molar-refractivity contribution in [3.63, 3.8) is 0 Å². The number of hydrogen-bond acceptors (Lipinski definition) is 2. The molecule has 2 amide bonds. The minimum Gasteiger partial charge on any atom is -0.340 e. The molecule has 4 nitrogen and oxygen atoms in total. The first-order valence-corrected chi connectivity index (χ1v) is 5.83. The highest BCUT2D eigenvalue weighted by molar-refractivity contribution is 5.99. The Hall–Kier alpha value is -1.50. The minimum absolute atomic E-state index is 0.0332. The molecular formula is C13H20N2O2. The van der Waals surface area contributed by atoms with Crippen molar-refractivity contribution < 1.29 is 9.59 Å². The Labute approximate surface area is 103 Å². The number of nitrogens with zero attached hydrogens (tertiary/aromatic N) is 1. The van der Waals surface area contributed by atoms with Crippen molar-refractivity contribution in [2.24, 2.45) is 5.92 Å². The van der Waals surface area contributed by atoms with Gasteiger partial charge in [0.25, 0.3) is 0 Å². The molecule has 0 aromatic rings. The first-order chi connectivity index (χ1) is 7.72. The van der Waals surface area contributed by atoms with Gasteiger partial charge in [0.15, 0.2) is 0 Å². The van der Waals surface area contributed by atoms with Crippen LogP contribution < -0.4 is 5.32 Å². The number of rotatable bonds is 2. The van der Waals surface area contributed by atoms with Gasteiger partial charge in [-0.15, -0.1) is 6.42 Å². The molecule has 0 aromatic heterocycles. The average molecular weight is 236 g/mol. The normalized spacial score (nSPS) is 25.5. The molecule has 94 valence electrons. The van der Waals surface area contributed by atoms with Gasteiger partial charge in [0.1, 0.15) is 11.6 Å². The van der Waals surface area contributed by atoms with Gasteiger partial charge in [-0.05, 0) is 26.7 Å². The van der Waals surface area contributed by atoms with Crippen LogP contribution in [0, 0.1) is 18.3 Å². The zero-order valence-corrected chi connectivity index (χ0v) is 11.1. The van der Waals surface area contributed by atoms with Crippen LogP contribution in [0.3, 0.4) is 0 Å². The average Bonchev–Trinajstić information content (AvgIpc) is 2.20. The molecular weight excluding hydrogens is 216 g/mol. The third kappa shape index (κ3) is 2.28. The second-order valence-corrected chi connectivity index (χ2v) is 5.36. The first-order valence-electron chi connectivity index (χ1n) is 5.83. The van der Waals surface area contributed by atoms with E-state index in [9.17, 15) is 9.59 Å². The fourth-order valence-corrected chi connectivity index (χ4v) is 2.13. The van der Waals surface area contributed by atoms with Crippen molar-refractivity contribution in [2.75, 3.05) is 0 Å². The zero-order valence-electron chi connectivity index (χ0n) is 11.1. The Bertz CT molecular complexity index is 379. The maximum Gasteiger partial charge on any atom is 0.249 e. The Kier molecular flexibility index (Phi) is 3.51. The molecule has 4 heteroatoms. The molecule has 0 radical (unpaired) electrons. The summed E-state index contributed by atoms with van der Waals surface area (Å²) < 4.78 is 0. The minimum atomic E-state index is -0.881. The Morgan fingerprint density at radius 2 is 1.88 bits per heavy atom. The predicted octanol–water partition coefficient (Wildman–Crippen LogP) is 0.770. The quantitative estimate of drug-likeness (QED) is 0.720. The zero-order chi connectivity index (χ0) is 13.4. The summed E-state index contributed by atoms with van der Waals surface area (Å²) in [6.07, 6.45) is 5.39. The van der Waals surface area contributed by atoms with Gasteiger partial charge in [-0.3, -0.25) is 9.59 Å². The summed E-state index contributed by atoms with van der Waals surface area (Å²) in [5.74, 6) is 2.31. The number of terminal acetylenes is 1. The lowest BCUT2D eigenvalue weighted by molar-refractivity contribution is -0.156. The Morgan fingerprint density at radius 1 is 1.35 bits per heavy atom. The molecule has 1 aliphatic rings. The van der Waals surface area contributed by atoms with Crippen molar-refractivity contribution >= 4 is 11.8 Å². The van der Waals surface area contributed by atoms with Crippen LogP contribution in [0.15, 0.2) is 0 Å². The van der Waals surface area contributed by atoms with E-state index in [-0.39, 0.29) is 23.8 Å². The van der Waals surface area contributed by atoms with E-state index in [0.717, 1.165) is 0 Å². The van der Waals surface area contributed by atoms with Crippen molar-refractivity contribution in [3.05, 3.63) is 0 Å². The number of hydrogen-bond donors (Lipinski definition) is 1. The van der Waals surface area contributed by atoms with Crippen LogP contribution in [0.1, 0.15) is 34.6 Å². The molecule has 0 spiro atoms. The number of amides is 2. The monoisotopic (exact) mass is 236 g/mol. The summed E-state index contributed by atoms with van der Waals surface area (Å²) in [5, 5.41) is 2.75. The third-order valence-corrected chi connectivity index (χ3v) is 3.06. The lowest BCUT2D eigenvalue weighted by Gasteiger charge is -2.45. The van der Waals surface area contributed by atoms with Gasteiger partial charge in [-0.1, -0.05) is 19.8 Å². The molecule has 0 saturated carbocycles. The van der Waals surface area contributed by atoms with Gasteiger partial charge in [0, 0.05) is 0 Å². The maximum atomic E-state index is 12.3. The molecule has 1 N–H and O–H groups in total. The number of carbonyl (C=O) groups excluding carboxylic acids is 2. The highest BCUT2D eigenvalue weighted by Gasteiger charge is 2.47. The molecule has 2 unspecified atom stereocenters.